The number of benzene rings is 5. The van der Waals surface area contributed by atoms with Gasteiger partial charge in [-0.15, -0.1) is 0 Å². The number of ether oxygens (including phenoxy) is 1. The Hall–Kier alpha value is -3.70. The highest BCUT2D eigenvalue weighted by molar-refractivity contribution is 7.84. The van der Waals surface area contributed by atoms with Gasteiger partial charge in [0.05, 0.1) is 21.8 Å². The summed E-state index contributed by atoms with van der Waals surface area (Å²) in [7, 11) is -2.54. The minimum absolute atomic E-state index is 0.329. The molecule has 1 aliphatic rings. The van der Waals surface area contributed by atoms with Gasteiger partial charge in [0.25, 0.3) is 0 Å². The van der Waals surface area contributed by atoms with Crippen LogP contribution in [-0.2, 0) is 16.4 Å². The van der Waals surface area contributed by atoms with Crippen LogP contribution < -0.4 is 25.4 Å². The van der Waals surface area contributed by atoms with Crippen molar-refractivity contribution in [2.45, 2.75) is 50.8 Å². The number of halogens is 2. The summed E-state index contributed by atoms with van der Waals surface area (Å²) in [6, 6.07) is 35.7. The van der Waals surface area contributed by atoms with Crippen LogP contribution in [-0.4, -0.2) is 8.96 Å². The molecule has 0 saturated carbocycles. The molecule has 0 amide bonds. The monoisotopic (exact) mass is 639 g/mol. The highest BCUT2D eigenvalue weighted by Crippen LogP contribution is 2.52. The molecule has 1 unspecified atom stereocenters. The second-order valence-electron chi connectivity index (χ2n) is 12.7. The molecule has 0 bridgehead atoms. The Morgan fingerprint density at radius 1 is 0.733 bits per heavy atom. The first kappa shape index (κ1) is 31.3. The molecule has 3 nitrogen and oxygen atoms in total. The Labute approximate surface area is 268 Å². The van der Waals surface area contributed by atoms with Crippen molar-refractivity contribution < 1.29 is 17.7 Å². The number of hydrogen-bond donors (Lipinski definition) is 1. The predicted molar refractivity (Wildman–Crippen MR) is 183 cm³/mol. The molecule has 0 spiro atoms. The van der Waals surface area contributed by atoms with Gasteiger partial charge in [-0.3, -0.25) is 0 Å². The molecule has 0 fully saturated rings. The van der Waals surface area contributed by atoms with Crippen LogP contribution in [0.25, 0.3) is 0 Å². The van der Waals surface area contributed by atoms with E-state index in [1.165, 1.54) is 22.7 Å². The second kappa shape index (κ2) is 12.2. The molecule has 1 heterocycles. The highest BCUT2D eigenvalue weighted by atomic mass is 32.2. The lowest BCUT2D eigenvalue weighted by Crippen LogP contribution is -2.37. The SMILES string of the molecule is CC1(C)c2cccc([C@@H](NS(=O)C(C)(C)C)c3cc(F)cc(F)c3)c2Oc2c(P(c3ccccc3)c3ccccc3)cccc21. The molecule has 0 saturated heterocycles. The molecule has 1 N–H and O–H groups in total. The molecule has 5 aromatic carbocycles. The summed E-state index contributed by atoms with van der Waals surface area (Å²) < 4.78 is 52.4. The summed E-state index contributed by atoms with van der Waals surface area (Å²) in [6.07, 6.45) is 0. The molecule has 1 aliphatic heterocycles. The first-order valence-corrected chi connectivity index (χ1v) is 17.4. The van der Waals surface area contributed by atoms with Gasteiger partial charge < -0.3 is 4.74 Å². The molecule has 230 valence electrons. The van der Waals surface area contributed by atoms with Gasteiger partial charge in [-0.2, -0.15) is 0 Å². The van der Waals surface area contributed by atoms with E-state index in [1.807, 2.05) is 51.1 Å². The van der Waals surface area contributed by atoms with Gasteiger partial charge in [0.2, 0.25) is 0 Å². The summed E-state index contributed by atoms with van der Waals surface area (Å²) in [4.78, 5) is 0. The topological polar surface area (TPSA) is 38.3 Å². The first-order chi connectivity index (χ1) is 21.4. The Bertz CT molecular complexity index is 1810. The van der Waals surface area contributed by atoms with Gasteiger partial charge in [0.15, 0.2) is 0 Å². The maximum Gasteiger partial charge on any atom is 0.139 e. The van der Waals surface area contributed by atoms with Gasteiger partial charge in [-0.1, -0.05) is 111 Å². The second-order valence-corrected chi connectivity index (χ2v) is 16.9. The molecule has 2 atom stereocenters. The quantitative estimate of drug-likeness (QED) is 0.182. The van der Waals surface area contributed by atoms with E-state index in [9.17, 15) is 13.0 Å². The molecular weight excluding hydrogens is 603 g/mol. The number of para-hydroxylation sites is 2. The zero-order valence-corrected chi connectivity index (χ0v) is 27.7. The summed E-state index contributed by atoms with van der Waals surface area (Å²) in [6.45, 7) is 9.92. The fraction of sp³-hybridized carbons (Fsp3) is 0.211. The van der Waals surface area contributed by atoms with E-state index in [0.29, 0.717) is 16.9 Å². The lowest BCUT2D eigenvalue weighted by atomic mass is 9.74. The molecule has 0 aromatic heterocycles. The van der Waals surface area contributed by atoms with Crippen LogP contribution in [0.15, 0.2) is 115 Å². The van der Waals surface area contributed by atoms with E-state index < -0.39 is 46.7 Å². The van der Waals surface area contributed by atoms with Crippen molar-refractivity contribution in [3.05, 3.63) is 149 Å². The number of nitrogens with one attached hydrogen (secondary N) is 1. The lowest BCUT2D eigenvalue weighted by Gasteiger charge is -2.38. The summed E-state index contributed by atoms with van der Waals surface area (Å²) in [5.74, 6) is -0.0178. The smallest absolute Gasteiger partial charge is 0.139 e. The Kier molecular flexibility index (Phi) is 8.51. The average molecular weight is 640 g/mol. The van der Waals surface area contributed by atoms with Crippen molar-refractivity contribution in [3.8, 4) is 11.5 Å². The van der Waals surface area contributed by atoms with Crippen molar-refractivity contribution >= 4 is 34.8 Å². The largest absolute Gasteiger partial charge is 0.456 e. The third kappa shape index (κ3) is 6.12. The van der Waals surface area contributed by atoms with E-state index in [0.717, 1.165) is 28.2 Å². The van der Waals surface area contributed by atoms with Crippen molar-refractivity contribution in [3.63, 3.8) is 0 Å². The fourth-order valence-electron chi connectivity index (χ4n) is 5.85. The fourth-order valence-corrected chi connectivity index (χ4v) is 9.08. The Balaban J connectivity index is 1.56. The Morgan fingerprint density at radius 3 is 1.82 bits per heavy atom. The zero-order chi connectivity index (χ0) is 31.9. The molecule has 0 aliphatic carbocycles. The molecule has 0 radical (unpaired) electrons. The zero-order valence-electron chi connectivity index (χ0n) is 26.0. The van der Waals surface area contributed by atoms with Crippen LogP contribution in [0.1, 0.15) is 62.9 Å². The maximum atomic E-state index is 14.6. The van der Waals surface area contributed by atoms with Gasteiger partial charge in [0, 0.05) is 33.5 Å². The highest BCUT2D eigenvalue weighted by Gasteiger charge is 2.39. The van der Waals surface area contributed by atoms with Crippen molar-refractivity contribution in [2.24, 2.45) is 0 Å². The number of hydrogen-bond acceptors (Lipinski definition) is 2. The number of fused-ring (bicyclic) bond motifs is 2. The summed E-state index contributed by atoms with van der Waals surface area (Å²) >= 11 is 0. The van der Waals surface area contributed by atoms with Gasteiger partial charge in [0.1, 0.15) is 23.1 Å². The van der Waals surface area contributed by atoms with Crippen molar-refractivity contribution in [1.82, 2.24) is 4.72 Å². The van der Waals surface area contributed by atoms with Gasteiger partial charge >= 0.3 is 0 Å². The third-order valence-electron chi connectivity index (χ3n) is 8.17. The Morgan fingerprint density at radius 2 is 1.27 bits per heavy atom. The van der Waals surface area contributed by atoms with E-state index in [4.69, 9.17) is 4.74 Å². The van der Waals surface area contributed by atoms with E-state index in [1.54, 1.807) is 0 Å². The lowest BCUT2D eigenvalue weighted by molar-refractivity contribution is 0.413. The van der Waals surface area contributed by atoms with Crippen LogP contribution >= 0.6 is 7.92 Å². The van der Waals surface area contributed by atoms with Crippen LogP contribution in [0.4, 0.5) is 8.78 Å². The minimum atomic E-state index is -1.56. The van der Waals surface area contributed by atoms with Gasteiger partial charge in [-0.25, -0.2) is 17.7 Å². The summed E-state index contributed by atoms with van der Waals surface area (Å²) in [5.41, 5.74) is 2.52. The molecule has 5 aromatic rings. The summed E-state index contributed by atoms with van der Waals surface area (Å²) in [5, 5.41) is 3.47. The molecule has 7 heteroatoms. The molecule has 6 rings (SSSR count). The van der Waals surface area contributed by atoms with Crippen LogP contribution in [0.2, 0.25) is 0 Å². The van der Waals surface area contributed by atoms with Crippen LogP contribution in [0, 0.1) is 11.6 Å². The maximum absolute atomic E-state index is 14.6. The number of rotatable bonds is 7. The van der Waals surface area contributed by atoms with E-state index in [-0.39, 0.29) is 0 Å². The average Bonchev–Trinajstić information content (AvgIpc) is 3.00. The van der Waals surface area contributed by atoms with Crippen molar-refractivity contribution in [1.29, 1.82) is 0 Å². The van der Waals surface area contributed by atoms with Crippen LogP contribution in [0.5, 0.6) is 11.5 Å². The van der Waals surface area contributed by atoms with Gasteiger partial charge in [-0.05, 0) is 57.0 Å². The first-order valence-electron chi connectivity index (χ1n) is 14.9. The standard InChI is InChI=1S/C38H36F2NO2PS/c1-37(2,3)45(42)41-34(25-22-26(39)24-27(40)23-25)30-18-12-19-31-35(30)43-36-32(38(31,4)5)20-13-21-33(36)44(28-14-8-6-9-15-28)29-16-10-7-11-17-29/h6-24,34,41H,1-5H3/t34-,45?/m0/s1. The third-order valence-corrected chi connectivity index (χ3v) is 12.2. The normalized spacial score (nSPS) is 15.1. The predicted octanol–water partition coefficient (Wildman–Crippen LogP) is 8.30. The minimum Gasteiger partial charge on any atom is -0.456 e. The van der Waals surface area contributed by atoms with Crippen LogP contribution in [0.3, 0.4) is 0 Å². The van der Waals surface area contributed by atoms with E-state index >= 15 is 0 Å². The molecular formula is C38H36F2NO2PS. The molecule has 45 heavy (non-hydrogen) atoms. The van der Waals surface area contributed by atoms with Crippen molar-refractivity contribution in [2.75, 3.05) is 0 Å². The van der Waals surface area contributed by atoms with E-state index in [2.05, 4.69) is 85.3 Å².